The molecule has 0 fully saturated rings. The number of phenols is 2. The molecule has 34 heavy (non-hydrogen) atoms. The quantitative estimate of drug-likeness (QED) is 0.193. The van der Waals surface area contributed by atoms with E-state index in [1.807, 2.05) is 30.3 Å². The highest BCUT2D eigenvalue weighted by molar-refractivity contribution is 5.87. The smallest absolute Gasteiger partial charge is 0.316 e. The van der Waals surface area contributed by atoms with Gasteiger partial charge in [0, 0.05) is 17.3 Å². The van der Waals surface area contributed by atoms with E-state index in [1.54, 1.807) is 6.07 Å². The zero-order chi connectivity index (χ0) is 22.9. The molecule has 0 saturated carbocycles. The zero-order valence-corrected chi connectivity index (χ0v) is 21.1. The van der Waals surface area contributed by atoms with Gasteiger partial charge in [-0.2, -0.15) is 0 Å². The maximum Gasteiger partial charge on any atom is 0.316 e. The van der Waals surface area contributed by atoms with E-state index in [4.69, 9.17) is 11.5 Å². The van der Waals surface area contributed by atoms with Crippen molar-refractivity contribution in [2.75, 3.05) is 18.4 Å². The normalized spacial score (nSPS) is 16.6. The molecule has 2 amide bonds. The van der Waals surface area contributed by atoms with E-state index < -0.39 is 6.03 Å². The lowest BCUT2D eigenvalue weighted by molar-refractivity contribution is 0.259. The molecule has 0 aliphatic heterocycles. The number of urea groups is 1. The van der Waals surface area contributed by atoms with Crippen LogP contribution in [0.5, 0.6) is 11.5 Å². The lowest BCUT2D eigenvalue weighted by atomic mass is 9.76. The molecule has 190 valence electrons. The third kappa shape index (κ3) is 8.55. The van der Waals surface area contributed by atoms with Crippen molar-refractivity contribution in [3.05, 3.63) is 53.1 Å². The number of hydrogen-bond acceptors (Lipinski definition) is 5. The van der Waals surface area contributed by atoms with Gasteiger partial charge in [-0.1, -0.05) is 37.5 Å². The van der Waals surface area contributed by atoms with Crippen molar-refractivity contribution >= 4 is 36.5 Å². The van der Waals surface area contributed by atoms with E-state index in [-0.39, 0.29) is 48.3 Å². The molecule has 0 radical (unpaired) electrons. The first kappa shape index (κ1) is 29.8. The molecular weight excluding hydrogens is 475 g/mol. The molecule has 0 heterocycles. The van der Waals surface area contributed by atoms with Gasteiger partial charge in [0.25, 0.3) is 0 Å². The molecule has 8 N–H and O–H groups in total. The number of benzene rings is 2. The average molecular weight is 514 g/mol. The topological polar surface area (TPSA) is 134 Å². The van der Waals surface area contributed by atoms with Crippen molar-refractivity contribution in [3.8, 4) is 11.5 Å². The summed E-state index contributed by atoms with van der Waals surface area (Å²) in [6.07, 6.45) is 8.14. The van der Waals surface area contributed by atoms with Gasteiger partial charge in [0.15, 0.2) is 11.5 Å². The molecule has 3 rings (SSSR count). The summed E-state index contributed by atoms with van der Waals surface area (Å²) in [5.41, 5.74) is 15.4. The molecule has 0 spiro atoms. The lowest BCUT2D eigenvalue weighted by Crippen LogP contribution is -2.33. The van der Waals surface area contributed by atoms with Gasteiger partial charge in [0.05, 0.1) is 0 Å². The van der Waals surface area contributed by atoms with Gasteiger partial charge in [-0.15, -0.1) is 24.8 Å². The molecule has 2 aromatic carbocycles. The Hall–Kier alpha value is -2.19. The highest BCUT2D eigenvalue weighted by Crippen LogP contribution is 2.42. The molecule has 0 saturated heterocycles. The van der Waals surface area contributed by atoms with Crippen LogP contribution in [0.2, 0.25) is 0 Å². The van der Waals surface area contributed by atoms with Crippen molar-refractivity contribution in [1.29, 1.82) is 0 Å². The van der Waals surface area contributed by atoms with Gasteiger partial charge in [-0.05, 0) is 80.4 Å². The fourth-order valence-electron chi connectivity index (χ4n) is 4.58. The van der Waals surface area contributed by atoms with Gasteiger partial charge < -0.3 is 32.3 Å². The minimum Gasteiger partial charge on any atom is -0.504 e. The number of nitrogens with two attached hydrogens (primary N) is 2. The van der Waals surface area contributed by atoms with Crippen LogP contribution in [0.25, 0.3) is 0 Å². The highest BCUT2D eigenvalue weighted by Gasteiger charge is 2.29. The molecular formula is C25H38Cl2N4O3. The van der Waals surface area contributed by atoms with Crippen molar-refractivity contribution in [3.63, 3.8) is 0 Å². The first-order chi connectivity index (χ1) is 15.5. The molecule has 1 aliphatic rings. The number of amides is 2. The lowest BCUT2D eigenvalue weighted by Gasteiger charge is -2.32. The second kappa shape index (κ2) is 14.9. The van der Waals surface area contributed by atoms with Crippen molar-refractivity contribution < 1.29 is 15.0 Å². The number of hydrogen-bond donors (Lipinski definition) is 6. The maximum absolute atomic E-state index is 10.8. The Morgan fingerprint density at radius 3 is 2.38 bits per heavy atom. The van der Waals surface area contributed by atoms with E-state index in [2.05, 4.69) is 10.6 Å². The molecule has 2 atom stereocenters. The number of aromatic hydroxyl groups is 2. The Morgan fingerprint density at radius 1 is 0.971 bits per heavy atom. The van der Waals surface area contributed by atoms with Crippen molar-refractivity contribution in [2.24, 2.45) is 11.5 Å². The average Bonchev–Trinajstić information content (AvgIpc) is 2.77. The number of nitrogens with one attached hydrogen (secondary N) is 2. The third-order valence-electron chi connectivity index (χ3n) is 6.37. The number of fused-ring (bicyclic) bond motifs is 1. The number of primary amides is 1. The van der Waals surface area contributed by atoms with Crippen LogP contribution in [0.3, 0.4) is 0 Å². The molecule has 2 unspecified atom stereocenters. The fraction of sp³-hybridized carbons (Fsp3) is 0.480. The van der Waals surface area contributed by atoms with E-state index >= 15 is 0 Å². The van der Waals surface area contributed by atoms with E-state index in [1.165, 1.54) is 18.4 Å². The van der Waals surface area contributed by atoms with Crippen LogP contribution >= 0.6 is 24.8 Å². The molecule has 9 heteroatoms. The summed E-state index contributed by atoms with van der Waals surface area (Å²) in [5, 5.41) is 26.0. The summed E-state index contributed by atoms with van der Waals surface area (Å²) in [5.74, 6) is 0.249. The molecule has 0 aromatic heterocycles. The SMILES string of the molecule is Cl.Cl.NC(=O)Nc1ccc(CCNCCCCCCC2c3ccc(O)c(O)c3CCC2N)cc1. The molecule has 0 bridgehead atoms. The summed E-state index contributed by atoms with van der Waals surface area (Å²) in [6, 6.07) is 10.8. The second-order valence-electron chi connectivity index (χ2n) is 8.70. The predicted octanol–water partition coefficient (Wildman–Crippen LogP) is 4.57. The van der Waals surface area contributed by atoms with Gasteiger partial charge >= 0.3 is 6.03 Å². The Balaban J connectivity index is 0.00000289. The number of phenolic OH excluding ortho intramolecular Hbond substituents is 2. The largest absolute Gasteiger partial charge is 0.504 e. The van der Waals surface area contributed by atoms with Crippen molar-refractivity contribution in [2.45, 2.75) is 63.3 Å². The number of anilines is 1. The summed E-state index contributed by atoms with van der Waals surface area (Å²) in [4.78, 5) is 10.8. The minimum atomic E-state index is -0.551. The van der Waals surface area contributed by atoms with Gasteiger partial charge in [-0.3, -0.25) is 0 Å². The predicted molar refractivity (Wildman–Crippen MR) is 143 cm³/mol. The molecule has 7 nitrogen and oxygen atoms in total. The van der Waals surface area contributed by atoms with Crippen LogP contribution in [-0.4, -0.2) is 35.4 Å². The molecule has 1 aliphatic carbocycles. The van der Waals surface area contributed by atoms with Gasteiger partial charge in [-0.25, -0.2) is 4.79 Å². The standard InChI is InChI=1S/C25H36N4O3.2ClH/c26-22-12-10-21-19(11-13-23(30)24(21)31)20(22)5-3-1-2-4-15-28-16-14-17-6-8-18(9-7-17)29-25(27)32;;/h6-9,11,13,20,22,28,30-31H,1-5,10,12,14-16,26H2,(H3,27,29,32);2*1H. The van der Waals surface area contributed by atoms with Crippen molar-refractivity contribution in [1.82, 2.24) is 5.32 Å². The van der Waals surface area contributed by atoms with Crippen LogP contribution in [-0.2, 0) is 12.8 Å². The van der Waals surface area contributed by atoms with Crippen LogP contribution in [0.1, 0.15) is 61.1 Å². The number of unbranched alkanes of at least 4 members (excludes halogenated alkanes) is 3. The summed E-state index contributed by atoms with van der Waals surface area (Å²) >= 11 is 0. The highest BCUT2D eigenvalue weighted by atomic mass is 35.5. The Bertz CT molecular complexity index is 896. The second-order valence-corrected chi connectivity index (χ2v) is 8.70. The van der Waals surface area contributed by atoms with Crippen LogP contribution in [0.15, 0.2) is 36.4 Å². The van der Waals surface area contributed by atoms with E-state index in [9.17, 15) is 15.0 Å². The number of rotatable bonds is 11. The first-order valence-corrected chi connectivity index (χ1v) is 11.6. The Labute approximate surface area is 214 Å². The third-order valence-corrected chi connectivity index (χ3v) is 6.37. The Morgan fingerprint density at radius 2 is 1.68 bits per heavy atom. The van der Waals surface area contributed by atoms with E-state index in [0.29, 0.717) is 5.69 Å². The minimum absolute atomic E-state index is 0. The number of halogens is 2. The summed E-state index contributed by atoms with van der Waals surface area (Å²) in [7, 11) is 0. The van der Waals surface area contributed by atoms with Gasteiger partial charge in [0.1, 0.15) is 0 Å². The monoisotopic (exact) mass is 512 g/mol. The number of carbonyl (C=O) groups excluding carboxylic acids is 1. The first-order valence-electron chi connectivity index (χ1n) is 11.6. The number of carbonyl (C=O) groups is 1. The summed E-state index contributed by atoms with van der Waals surface area (Å²) in [6.45, 7) is 1.92. The van der Waals surface area contributed by atoms with Gasteiger partial charge in [0.2, 0.25) is 0 Å². The molecule has 2 aromatic rings. The maximum atomic E-state index is 10.8. The van der Waals surface area contributed by atoms with E-state index in [0.717, 1.165) is 62.7 Å². The zero-order valence-electron chi connectivity index (χ0n) is 19.5. The summed E-state index contributed by atoms with van der Waals surface area (Å²) < 4.78 is 0. The van der Waals surface area contributed by atoms with Crippen LogP contribution < -0.4 is 22.1 Å². The fourth-order valence-corrected chi connectivity index (χ4v) is 4.58. The van der Waals surface area contributed by atoms with Crippen LogP contribution in [0, 0.1) is 0 Å². The van der Waals surface area contributed by atoms with Crippen LogP contribution in [0.4, 0.5) is 10.5 Å². The Kier molecular flexibility index (Phi) is 13.1.